The number of ketones is 1. The van der Waals surface area contributed by atoms with Gasteiger partial charge in [-0.05, 0) is 0 Å². The zero-order valence-electron chi connectivity index (χ0n) is 11.1. The van der Waals surface area contributed by atoms with Gasteiger partial charge in [0.1, 0.15) is 0 Å². The van der Waals surface area contributed by atoms with Crippen LogP contribution in [0.3, 0.4) is 0 Å². The van der Waals surface area contributed by atoms with Crippen LogP contribution in [-0.4, -0.2) is 19.9 Å². The summed E-state index contributed by atoms with van der Waals surface area (Å²) in [6.45, 7) is 8.20. The Labute approximate surface area is 103 Å². The number of anilines is 1. The molecule has 1 aromatic heterocycles. The van der Waals surface area contributed by atoms with E-state index in [0.29, 0.717) is 12.1 Å². The van der Waals surface area contributed by atoms with Crippen molar-refractivity contribution in [1.82, 2.24) is 0 Å². The Bertz CT molecular complexity index is 405. The number of allylic oxidation sites excluding steroid dienone is 1. The molecule has 0 amide bonds. The Balaban J connectivity index is 2.70. The van der Waals surface area contributed by atoms with E-state index in [-0.39, 0.29) is 11.7 Å². The van der Waals surface area contributed by atoms with E-state index in [1.165, 1.54) is 0 Å². The van der Waals surface area contributed by atoms with Gasteiger partial charge in [0, 0.05) is 37.8 Å². The monoisotopic (exact) mass is 233 g/mol. The van der Waals surface area contributed by atoms with E-state index in [1.54, 1.807) is 0 Å². The van der Waals surface area contributed by atoms with Gasteiger partial charge in [-0.1, -0.05) is 20.4 Å². The molecule has 17 heavy (non-hydrogen) atoms. The van der Waals surface area contributed by atoms with Gasteiger partial charge in [-0.2, -0.15) is 0 Å². The SMILES string of the molecule is C=C(C[n+]1ccc(N(C)C)cc1)C(=O)C(C)C. The van der Waals surface area contributed by atoms with Gasteiger partial charge in [-0.25, -0.2) is 4.57 Å². The maximum absolute atomic E-state index is 11.7. The van der Waals surface area contributed by atoms with Crippen LogP contribution in [0.4, 0.5) is 5.69 Å². The lowest BCUT2D eigenvalue weighted by atomic mass is 10.0. The molecule has 0 radical (unpaired) electrons. The average molecular weight is 233 g/mol. The summed E-state index contributed by atoms with van der Waals surface area (Å²) in [6.07, 6.45) is 3.93. The molecule has 1 aromatic rings. The van der Waals surface area contributed by atoms with E-state index in [1.807, 2.05) is 61.9 Å². The third kappa shape index (κ3) is 3.70. The van der Waals surface area contributed by atoms with Gasteiger partial charge in [0.2, 0.25) is 0 Å². The zero-order chi connectivity index (χ0) is 13.0. The fourth-order valence-corrected chi connectivity index (χ4v) is 1.56. The molecule has 1 heterocycles. The number of pyridine rings is 1. The number of carbonyl (C=O) groups excluding carboxylic acids is 1. The molecule has 0 saturated carbocycles. The predicted molar refractivity (Wildman–Crippen MR) is 69.9 cm³/mol. The highest BCUT2D eigenvalue weighted by molar-refractivity contribution is 5.95. The molecule has 92 valence electrons. The molecule has 0 aliphatic heterocycles. The first-order chi connectivity index (χ1) is 7.91. The van der Waals surface area contributed by atoms with E-state index in [2.05, 4.69) is 6.58 Å². The lowest BCUT2D eigenvalue weighted by Crippen LogP contribution is -2.35. The molecule has 0 bridgehead atoms. The molecular formula is C14H21N2O+. The van der Waals surface area contributed by atoms with Gasteiger partial charge in [0.05, 0.1) is 5.57 Å². The number of nitrogens with zero attached hydrogens (tertiary/aromatic N) is 2. The molecule has 0 aromatic carbocycles. The van der Waals surface area contributed by atoms with Gasteiger partial charge >= 0.3 is 0 Å². The Morgan fingerprint density at radius 3 is 2.29 bits per heavy atom. The predicted octanol–water partition coefficient (Wildman–Crippen LogP) is 1.82. The standard InChI is InChI=1S/C14H21N2O/c1-11(2)14(17)12(3)10-16-8-6-13(7-9-16)15(4)5/h6-9,11H,3,10H2,1-2,4-5H3/q+1. The van der Waals surface area contributed by atoms with Crippen molar-refractivity contribution in [3.8, 4) is 0 Å². The first kappa shape index (κ1) is 13.4. The van der Waals surface area contributed by atoms with Gasteiger partial charge in [0.25, 0.3) is 0 Å². The summed E-state index contributed by atoms with van der Waals surface area (Å²) in [4.78, 5) is 13.7. The van der Waals surface area contributed by atoms with Crippen molar-refractivity contribution in [2.75, 3.05) is 19.0 Å². The maximum atomic E-state index is 11.7. The molecule has 0 aliphatic rings. The highest BCUT2D eigenvalue weighted by Crippen LogP contribution is 2.07. The van der Waals surface area contributed by atoms with E-state index < -0.39 is 0 Å². The lowest BCUT2D eigenvalue weighted by molar-refractivity contribution is -0.688. The minimum absolute atomic E-state index is 0.0177. The minimum atomic E-state index is 0.0177. The Morgan fingerprint density at radius 2 is 1.88 bits per heavy atom. The highest BCUT2D eigenvalue weighted by Gasteiger charge is 2.15. The van der Waals surface area contributed by atoms with Crippen LogP contribution in [0.1, 0.15) is 13.8 Å². The van der Waals surface area contributed by atoms with Crippen molar-refractivity contribution >= 4 is 11.5 Å². The summed E-state index contributed by atoms with van der Waals surface area (Å²) < 4.78 is 1.97. The van der Waals surface area contributed by atoms with Gasteiger partial charge in [-0.15, -0.1) is 0 Å². The summed E-state index contributed by atoms with van der Waals surface area (Å²) >= 11 is 0. The van der Waals surface area contributed by atoms with Gasteiger partial charge in [0.15, 0.2) is 24.7 Å². The molecule has 1 rings (SSSR count). The second-order valence-electron chi connectivity index (χ2n) is 4.75. The van der Waals surface area contributed by atoms with E-state index in [0.717, 1.165) is 5.69 Å². The third-order valence-electron chi connectivity index (χ3n) is 2.64. The summed E-state index contributed by atoms with van der Waals surface area (Å²) in [6, 6.07) is 4.04. The van der Waals surface area contributed by atoms with E-state index in [9.17, 15) is 4.79 Å². The number of rotatable bonds is 5. The van der Waals surface area contributed by atoms with Crippen LogP contribution in [-0.2, 0) is 11.3 Å². The molecule has 3 nitrogen and oxygen atoms in total. The largest absolute Gasteiger partial charge is 0.377 e. The van der Waals surface area contributed by atoms with Gasteiger partial charge < -0.3 is 4.90 Å². The Morgan fingerprint density at radius 1 is 1.35 bits per heavy atom. The Kier molecular flexibility index (Phi) is 4.44. The van der Waals surface area contributed by atoms with Crippen LogP contribution in [0.15, 0.2) is 36.7 Å². The highest BCUT2D eigenvalue weighted by atomic mass is 16.1. The molecule has 0 fully saturated rings. The molecular weight excluding hydrogens is 212 g/mol. The second kappa shape index (κ2) is 5.62. The zero-order valence-corrected chi connectivity index (χ0v) is 11.1. The molecule has 0 unspecified atom stereocenters. The van der Waals surface area contributed by atoms with Crippen molar-refractivity contribution < 1.29 is 9.36 Å². The fourth-order valence-electron chi connectivity index (χ4n) is 1.56. The van der Waals surface area contributed by atoms with Gasteiger partial charge in [-0.3, -0.25) is 4.79 Å². The van der Waals surface area contributed by atoms with Crippen molar-refractivity contribution in [2.24, 2.45) is 5.92 Å². The number of hydrogen-bond acceptors (Lipinski definition) is 2. The quantitative estimate of drug-likeness (QED) is 0.572. The van der Waals surface area contributed by atoms with E-state index >= 15 is 0 Å². The Hall–Kier alpha value is -1.64. The molecule has 0 N–H and O–H groups in total. The van der Waals surface area contributed by atoms with Crippen LogP contribution >= 0.6 is 0 Å². The second-order valence-corrected chi connectivity index (χ2v) is 4.75. The van der Waals surface area contributed by atoms with Crippen molar-refractivity contribution in [3.05, 3.63) is 36.7 Å². The number of hydrogen-bond donors (Lipinski definition) is 0. The third-order valence-corrected chi connectivity index (χ3v) is 2.64. The van der Waals surface area contributed by atoms with Crippen molar-refractivity contribution in [3.63, 3.8) is 0 Å². The number of Topliss-reactive ketones (excluding diaryl/α,β-unsaturated/α-hetero) is 1. The number of carbonyl (C=O) groups is 1. The minimum Gasteiger partial charge on any atom is -0.377 e. The normalized spacial score (nSPS) is 10.4. The van der Waals surface area contributed by atoms with E-state index in [4.69, 9.17) is 0 Å². The fraction of sp³-hybridized carbons (Fsp3) is 0.429. The average Bonchev–Trinajstić information content (AvgIpc) is 2.28. The molecule has 3 heteroatoms. The lowest BCUT2D eigenvalue weighted by Gasteiger charge is -2.10. The smallest absolute Gasteiger partial charge is 0.176 e. The molecule has 0 saturated heterocycles. The van der Waals surface area contributed by atoms with Crippen LogP contribution in [0.5, 0.6) is 0 Å². The summed E-state index contributed by atoms with van der Waals surface area (Å²) in [5.41, 5.74) is 1.80. The first-order valence-corrected chi connectivity index (χ1v) is 5.80. The van der Waals surface area contributed by atoms with Crippen LogP contribution in [0.25, 0.3) is 0 Å². The number of aromatic nitrogens is 1. The van der Waals surface area contributed by atoms with Crippen molar-refractivity contribution in [1.29, 1.82) is 0 Å². The summed E-state index contributed by atoms with van der Waals surface area (Å²) in [5.74, 6) is 0.151. The first-order valence-electron chi connectivity index (χ1n) is 5.80. The summed E-state index contributed by atoms with van der Waals surface area (Å²) in [5, 5.41) is 0. The van der Waals surface area contributed by atoms with Crippen LogP contribution in [0, 0.1) is 5.92 Å². The summed E-state index contributed by atoms with van der Waals surface area (Å²) in [7, 11) is 4.00. The van der Waals surface area contributed by atoms with Crippen molar-refractivity contribution in [2.45, 2.75) is 20.4 Å². The van der Waals surface area contributed by atoms with Crippen LogP contribution < -0.4 is 9.47 Å². The molecule has 0 aliphatic carbocycles. The molecule has 0 atom stereocenters. The van der Waals surface area contributed by atoms with Crippen LogP contribution in [0.2, 0.25) is 0 Å². The molecule has 0 spiro atoms. The maximum Gasteiger partial charge on any atom is 0.176 e. The topological polar surface area (TPSA) is 24.2 Å².